The summed E-state index contributed by atoms with van der Waals surface area (Å²) in [5.41, 5.74) is 6.30. The number of carbonyl (C=O) groups is 2. The first kappa shape index (κ1) is 23.0. The van der Waals surface area contributed by atoms with E-state index < -0.39 is 16.7 Å². The zero-order valence-electron chi connectivity index (χ0n) is 15.7. The lowest BCUT2D eigenvalue weighted by molar-refractivity contribution is -0.384. The summed E-state index contributed by atoms with van der Waals surface area (Å²) >= 11 is 8.27. The standard InChI is InChI=1S/C19H17BrN4O5S/c1-12-2-8-16(15(20)10-12)29-11-18(26)22-23-19(30)21-17(25)9-5-13-3-6-14(7-4-13)24(27)28/h2-10H,11H2,1H3,(H,22,26)(H2,21,23,25,30)/b9-5+. The Kier molecular flexibility index (Phi) is 8.44. The number of non-ortho nitro benzene ring substituents is 1. The fourth-order valence-electron chi connectivity index (χ4n) is 2.09. The lowest BCUT2D eigenvalue weighted by Crippen LogP contribution is -2.49. The molecule has 0 aliphatic heterocycles. The molecule has 0 aliphatic carbocycles. The zero-order chi connectivity index (χ0) is 22.1. The van der Waals surface area contributed by atoms with Crippen molar-refractivity contribution >= 4 is 56.8 Å². The molecule has 0 radical (unpaired) electrons. The van der Waals surface area contributed by atoms with Gasteiger partial charge in [0.25, 0.3) is 11.6 Å². The molecule has 11 heteroatoms. The number of amides is 2. The van der Waals surface area contributed by atoms with E-state index in [-0.39, 0.29) is 17.4 Å². The van der Waals surface area contributed by atoms with Crippen molar-refractivity contribution in [2.24, 2.45) is 0 Å². The SMILES string of the molecule is Cc1ccc(OCC(=O)NNC(=S)NC(=O)/C=C/c2ccc([N+](=O)[O-])cc2)c(Br)c1. The second-order valence-corrected chi connectivity index (χ2v) is 7.16. The lowest BCUT2D eigenvalue weighted by atomic mass is 10.2. The van der Waals surface area contributed by atoms with Gasteiger partial charge in [-0.1, -0.05) is 6.07 Å². The highest BCUT2D eigenvalue weighted by Gasteiger charge is 2.07. The minimum absolute atomic E-state index is 0.0450. The number of carbonyl (C=O) groups excluding carboxylic acids is 2. The van der Waals surface area contributed by atoms with Crippen molar-refractivity contribution in [2.45, 2.75) is 6.92 Å². The molecular formula is C19H17BrN4O5S. The Balaban J connectivity index is 1.73. The highest BCUT2D eigenvalue weighted by molar-refractivity contribution is 9.10. The van der Waals surface area contributed by atoms with Gasteiger partial charge in [-0.15, -0.1) is 0 Å². The number of hydrogen-bond donors (Lipinski definition) is 3. The Morgan fingerprint density at radius 3 is 2.53 bits per heavy atom. The van der Waals surface area contributed by atoms with Crippen LogP contribution < -0.4 is 20.9 Å². The predicted octanol–water partition coefficient (Wildman–Crippen LogP) is 2.78. The fourth-order valence-corrected chi connectivity index (χ4v) is 2.85. The molecule has 0 bridgehead atoms. The highest BCUT2D eigenvalue weighted by Crippen LogP contribution is 2.25. The first-order chi connectivity index (χ1) is 14.2. The van der Waals surface area contributed by atoms with E-state index in [0.717, 1.165) is 10.0 Å². The number of nitrogens with zero attached hydrogens (tertiary/aromatic N) is 1. The molecule has 156 valence electrons. The minimum Gasteiger partial charge on any atom is -0.483 e. The van der Waals surface area contributed by atoms with Crippen LogP contribution in [0.25, 0.3) is 6.08 Å². The van der Waals surface area contributed by atoms with Gasteiger partial charge < -0.3 is 4.74 Å². The minimum atomic E-state index is -0.542. The smallest absolute Gasteiger partial charge is 0.276 e. The Bertz CT molecular complexity index is 995. The van der Waals surface area contributed by atoms with Gasteiger partial charge in [0.2, 0.25) is 5.91 Å². The number of benzene rings is 2. The number of nitrogens with one attached hydrogen (secondary N) is 3. The number of ether oxygens (including phenoxy) is 1. The maximum Gasteiger partial charge on any atom is 0.276 e. The summed E-state index contributed by atoms with van der Waals surface area (Å²) in [4.78, 5) is 33.8. The van der Waals surface area contributed by atoms with Gasteiger partial charge in [0, 0.05) is 18.2 Å². The Morgan fingerprint density at radius 1 is 1.20 bits per heavy atom. The van der Waals surface area contributed by atoms with E-state index in [1.807, 2.05) is 19.1 Å². The van der Waals surface area contributed by atoms with Crippen LogP contribution in [-0.4, -0.2) is 28.5 Å². The fraction of sp³-hybridized carbons (Fsp3) is 0.105. The molecule has 0 spiro atoms. The van der Waals surface area contributed by atoms with Crippen molar-refractivity contribution in [3.05, 3.63) is 74.3 Å². The third-order valence-corrected chi connectivity index (χ3v) is 4.35. The predicted molar refractivity (Wildman–Crippen MR) is 119 cm³/mol. The van der Waals surface area contributed by atoms with Gasteiger partial charge in [-0.05, 0) is 76.5 Å². The van der Waals surface area contributed by atoms with E-state index in [2.05, 4.69) is 32.1 Å². The molecule has 0 saturated carbocycles. The number of hydrazine groups is 1. The number of hydrogen-bond acceptors (Lipinski definition) is 6. The van der Waals surface area contributed by atoms with Crippen molar-refractivity contribution in [2.75, 3.05) is 6.61 Å². The number of halogens is 1. The highest BCUT2D eigenvalue weighted by atomic mass is 79.9. The molecule has 0 aromatic heterocycles. The van der Waals surface area contributed by atoms with Crippen molar-refractivity contribution in [3.63, 3.8) is 0 Å². The number of nitro benzene ring substituents is 1. The van der Waals surface area contributed by atoms with Gasteiger partial charge >= 0.3 is 0 Å². The quantitative estimate of drug-likeness (QED) is 0.245. The number of aryl methyl sites for hydroxylation is 1. The average Bonchev–Trinajstić information content (AvgIpc) is 2.70. The van der Waals surface area contributed by atoms with E-state index in [1.165, 1.54) is 36.4 Å². The van der Waals surface area contributed by atoms with Gasteiger partial charge in [0.1, 0.15) is 5.75 Å². The van der Waals surface area contributed by atoms with Crippen molar-refractivity contribution in [3.8, 4) is 5.75 Å². The van der Waals surface area contributed by atoms with E-state index in [4.69, 9.17) is 17.0 Å². The van der Waals surface area contributed by atoms with Gasteiger partial charge in [-0.3, -0.25) is 35.9 Å². The molecule has 2 amide bonds. The molecule has 0 heterocycles. The largest absolute Gasteiger partial charge is 0.483 e. The second-order valence-electron chi connectivity index (χ2n) is 5.90. The van der Waals surface area contributed by atoms with Gasteiger partial charge in [0.15, 0.2) is 11.7 Å². The van der Waals surface area contributed by atoms with Gasteiger partial charge in [-0.25, -0.2) is 0 Å². The molecule has 0 aliphatic rings. The summed E-state index contributed by atoms with van der Waals surface area (Å²) in [5, 5.41) is 12.8. The first-order valence-corrected chi connectivity index (χ1v) is 9.66. The lowest BCUT2D eigenvalue weighted by Gasteiger charge is -2.11. The van der Waals surface area contributed by atoms with Gasteiger partial charge in [0.05, 0.1) is 9.40 Å². The van der Waals surface area contributed by atoms with Crippen LogP contribution in [0.5, 0.6) is 5.75 Å². The van der Waals surface area contributed by atoms with Crippen LogP contribution in [-0.2, 0) is 9.59 Å². The molecule has 3 N–H and O–H groups in total. The maximum absolute atomic E-state index is 11.8. The number of thiocarbonyl (C=S) groups is 1. The van der Waals surface area contributed by atoms with Crippen molar-refractivity contribution < 1.29 is 19.2 Å². The molecule has 0 unspecified atom stereocenters. The van der Waals surface area contributed by atoms with Crippen molar-refractivity contribution in [1.82, 2.24) is 16.2 Å². The summed E-state index contributed by atoms with van der Waals surface area (Å²) in [7, 11) is 0. The molecular weight excluding hydrogens is 476 g/mol. The van der Waals surface area contributed by atoms with E-state index in [1.54, 1.807) is 6.07 Å². The summed E-state index contributed by atoms with van der Waals surface area (Å²) < 4.78 is 6.12. The van der Waals surface area contributed by atoms with E-state index >= 15 is 0 Å². The molecule has 0 fully saturated rings. The Labute approximate surface area is 185 Å². The zero-order valence-corrected chi connectivity index (χ0v) is 18.1. The van der Waals surface area contributed by atoms with Crippen LogP contribution in [0.2, 0.25) is 0 Å². The van der Waals surface area contributed by atoms with E-state index in [0.29, 0.717) is 11.3 Å². The summed E-state index contributed by atoms with van der Waals surface area (Å²) in [5.74, 6) is -0.525. The van der Waals surface area contributed by atoms with Crippen molar-refractivity contribution in [1.29, 1.82) is 0 Å². The average molecular weight is 493 g/mol. The summed E-state index contributed by atoms with van der Waals surface area (Å²) in [6.07, 6.45) is 2.67. The molecule has 2 aromatic carbocycles. The van der Waals surface area contributed by atoms with Gasteiger partial charge in [-0.2, -0.15) is 0 Å². The summed E-state index contributed by atoms with van der Waals surface area (Å²) in [6, 6.07) is 11.1. The summed E-state index contributed by atoms with van der Waals surface area (Å²) in [6.45, 7) is 1.67. The monoisotopic (exact) mass is 492 g/mol. The van der Waals surface area contributed by atoms with Crippen LogP contribution in [0.4, 0.5) is 5.69 Å². The Morgan fingerprint density at radius 2 is 1.90 bits per heavy atom. The Hall–Kier alpha value is -3.31. The van der Waals surface area contributed by atoms with Crippen LogP contribution in [0, 0.1) is 17.0 Å². The topological polar surface area (TPSA) is 123 Å². The second kappa shape index (κ2) is 11.0. The third kappa shape index (κ3) is 7.60. The molecule has 2 aromatic rings. The van der Waals surface area contributed by atoms with Crippen LogP contribution in [0.3, 0.4) is 0 Å². The molecule has 30 heavy (non-hydrogen) atoms. The maximum atomic E-state index is 11.8. The van der Waals surface area contributed by atoms with Crippen LogP contribution in [0.15, 0.2) is 53.0 Å². The van der Waals surface area contributed by atoms with Crippen LogP contribution in [0.1, 0.15) is 11.1 Å². The third-order valence-electron chi connectivity index (χ3n) is 3.53. The van der Waals surface area contributed by atoms with E-state index in [9.17, 15) is 19.7 Å². The molecule has 2 rings (SSSR count). The number of rotatable bonds is 6. The number of nitro groups is 1. The normalized spacial score (nSPS) is 10.3. The molecule has 0 saturated heterocycles. The molecule has 9 nitrogen and oxygen atoms in total. The molecule has 0 atom stereocenters. The first-order valence-electron chi connectivity index (χ1n) is 8.46. The van der Waals surface area contributed by atoms with Crippen LogP contribution >= 0.6 is 28.1 Å².